The van der Waals surface area contributed by atoms with Crippen LogP contribution in [-0.2, 0) is 13.5 Å². The highest BCUT2D eigenvalue weighted by Crippen LogP contribution is 2.18. The van der Waals surface area contributed by atoms with Crippen LogP contribution >= 0.6 is 15.9 Å². The van der Waals surface area contributed by atoms with E-state index in [4.69, 9.17) is 0 Å². The summed E-state index contributed by atoms with van der Waals surface area (Å²) in [5.74, 6) is 0.0833. The van der Waals surface area contributed by atoms with Crippen molar-refractivity contribution in [2.24, 2.45) is 7.05 Å². The van der Waals surface area contributed by atoms with Gasteiger partial charge in [-0.25, -0.2) is 0 Å². The molecule has 0 aliphatic rings. The predicted octanol–water partition coefficient (Wildman–Crippen LogP) is 2.92. The molecule has 0 amide bonds. The van der Waals surface area contributed by atoms with Crippen LogP contribution in [0.2, 0.25) is 0 Å². The van der Waals surface area contributed by atoms with E-state index in [9.17, 15) is 4.79 Å². The van der Waals surface area contributed by atoms with Gasteiger partial charge in [0.1, 0.15) is 5.69 Å². The van der Waals surface area contributed by atoms with Crippen molar-refractivity contribution in [3.63, 3.8) is 0 Å². The highest BCUT2D eigenvalue weighted by atomic mass is 79.9. The smallest absolute Gasteiger partial charge is 0.185 e. The topological polar surface area (TPSA) is 34.9 Å². The summed E-state index contributed by atoms with van der Waals surface area (Å²) < 4.78 is 2.60. The Morgan fingerprint density at radius 1 is 1.41 bits per heavy atom. The molecule has 88 valence electrons. The molecule has 2 rings (SSSR count). The second kappa shape index (κ2) is 4.84. The molecular formula is C13H13BrN2O. The fourth-order valence-electron chi connectivity index (χ4n) is 1.78. The van der Waals surface area contributed by atoms with Gasteiger partial charge in [0.05, 0.1) is 5.69 Å². The summed E-state index contributed by atoms with van der Waals surface area (Å²) in [7, 11) is 1.79. The zero-order chi connectivity index (χ0) is 12.4. The number of hydrogen-bond donors (Lipinski definition) is 0. The summed E-state index contributed by atoms with van der Waals surface area (Å²) >= 11 is 3.45. The number of aromatic nitrogens is 2. The van der Waals surface area contributed by atoms with Crippen LogP contribution in [0.25, 0.3) is 0 Å². The molecule has 3 nitrogen and oxygen atoms in total. The molecule has 17 heavy (non-hydrogen) atoms. The summed E-state index contributed by atoms with van der Waals surface area (Å²) in [6, 6.07) is 9.58. The summed E-state index contributed by atoms with van der Waals surface area (Å²) in [5, 5.41) is 4.18. The minimum absolute atomic E-state index is 0.0833. The van der Waals surface area contributed by atoms with E-state index in [-0.39, 0.29) is 5.78 Å². The number of rotatable bonds is 3. The Morgan fingerprint density at radius 2 is 2.12 bits per heavy atom. The fourth-order valence-corrected chi connectivity index (χ4v) is 2.20. The SMILES string of the molecule is Cc1cc(C(=O)Cc2ccccc2Br)n(C)n1. The lowest BCUT2D eigenvalue weighted by Gasteiger charge is -2.03. The third-order valence-corrected chi connectivity index (χ3v) is 3.37. The van der Waals surface area contributed by atoms with Crippen LogP contribution in [0.3, 0.4) is 0 Å². The number of nitrogens with zero attached hydrogens (tertiary/aromatic N) is 2. The average Bonchev–Trinajstić information content (AvgIpc) is 2.61. The third kappa shape index (κ3) is 2.64. The Hall–Kier alpha value is -1.42. The van der Waals surface area contributed by atoms with Crippen molar-refractivity contribution < 1.29 is 4.79 Å². The van der Waals surface area contributed by atoms with E-state index in [0.717, 1.165) is 15.7 Å². The molecule has 0 radical (unpaired) electrons. The van der Waals surface area contributed by atoms with Gasteiger partial charge in [0.25, 0.3) is 0 Å². The first kappa shape index (κ1) is 12.0. The summed E-state index contributed by atoms with van der Waals surface area (Å²) in [6.45, 7) is 1.88. The van der Waals surface area contributed by atoms with Crippen molar-refractivity contribution in [1.82, 2.24) is 9.78 Å². The summed E-state index contributed by atoms with van der Waals surface area (Å²) in [5.41, 5.74) is 2.51. The molecule has 1 heterocycles. The first-order valence-corrected chi connectivity index (χ1v) is 6.14. The van der Waals surface area contributed by atoms with Crippen molar-refractivity contribution in [3.05, 3.63) is 51.8 Å². The van der Waals surface area contributed by atoms with E-state index in [2.05, 4.69) is 21.0 Å². The van der Waals surface area contributed by atoms with E-state index in [0.29, 0.717) is 12.1 Å². The molecule has 0 N–H and O–H groups in total. The normalized spacial score (nSPS) is 10.5. The number of halogens is 1. The number of aryl methyl sites for hydroxylation is 2. The zero-order valence-electron chi connectivity index (χ0n) is 9.77. The van der Waals surface area contributed by atoms with Gasteiger partial charge in [-0.05, 0) is 24.6 Å². The maximum Gasteiger partial charge on any atom is 0.185 e. The molecule has 0 fully saturated rings. The van der Waals surface area contributed by atoms with Gasteiger partial charge in [-0.2, -0.15) is 5.10 Å². The van der Waals surface area contributed by atoms with Gasteiger partial charge >= 0.3 is 0 Å². The molecular weight excluding hydrogens is 280 g/mol. The highest BCUT2D eigenvalue weighted by Gasteiger charge is 2.13. The molecule has 0 atom stereocenters. The van der Waals surface area contributed by atoms with E-state index in [1.54, 1.807) is 11.7 Å². The lowest BCUT2D eigenvalue weighted by Crippen LogP contribution is -2.09. The largest absolute Gasteiger partial charge is 0.292 e. The van der Waals surface area contributed by atoms with Gasteiger partial charge in [0.15, 0.2) is 5.78 Å². The monoisotopic (exact) mass is 292 g/mol. The molecule has 0 aliphatic heterocycles. The van der Waals surface area contributed by atoms with Gasteiger partial charge in [-0.15, -0.1) is 0 Å². The minimum Gasteiger partial charge on any atom is -0.292 e. The van der Waals surface area contributed by atoms with Crippen LogP contribution in [0.15, 0.2) is 34.8 Å². The molecule has 2 aromatic rings. The molecule has 0 saturated carbocycles. The van der Waals surface area contributed by atoms with E-state index in [1.807, 2.05) is 37.3 Å². The molecule has 1 aromatic carbocycles. The van der Waals surface area contributed by atoms with Gasteiger partial charge in [0, 0.05) is 17.9 Å². The Morgan fingerprint density at radius 3 is 2.71 bits per heavy atom. The van der Waals surface area contributed by atoms with E-state index >= 15 is 0 Å². The van der Waals surface area contributed by atoms with Crippen molar-refractivity contribution in [1.29, 1.82) is 0 Å². The first-order valence-electron chi connectivity index (χ1n) is 5.35. The number of ketones is 1. The standard InChI is InChI=1S/C13H13BrN2O/c1-9-7-12(16(2)15-9)13(17)8-10-5-3-4-6-11(10)14/h3-7H,8H2,1-2H3. The van der Waals surface area contributed by atoms with Crippen LogP contribution in [0, 0.1) is 6.92 Å². The minimum atomic E-state index is 0.0833. The highest BCUT2D eigenvalue weighted by molar-refractivity contribution is 9.10. The van der Waals surface area contributed by atoms with Gasteiger partial charge in [0.2, 0.25) is 0 Å². The predicted molar refractivity (Wildman–Crippen MR) is 70.1 cm³/mol. The Balaban J connectivity index is 2.23. The van der Waals surface area contributed by atoms with Crippen molar-refractivity contribution >= 4 is 21.7 Å². The summed E-state index contributed by atoms with van der Waals surface area (Å²) in [4.78, 5) is 12.1. The Labute approximate surface area is 109 Å². The first-order chi connectivity index (χ1) is 8.08. The second-order valence-electron chi connectivity index (χ2n) is 3.99. The molecule has 1 aromatic heterocycles. The summed E-state index contributed by atoms with van der Waals surface area (Å²) in [6.07, 6.45) is 0.389. The van der Waals surface area contributed by atoms with Crippen LogP contribution in [-0.4, -0.2) is 15.6 Å². The Kier molecular flexibility index (Phi) is 3.43. The molecule has 0 unspecified atom stereocenters. The maximum atomic E-state index is 12.1. The lowest BCUT2D eigenvalue weighted by molar-refractivity contribution is 0.0984. The number of Topliss-reactive ketones (excluding diaryl/α,β-unsaturated/α-hetero) is 1. The maximum absolute atomic E-state index is 12.1. The molecule has 0 aliphatic carbocycles. The second-order valence-corrected chi connectivity index (χ2v) is 4.84. The van der Waals surface area contributed by atoms with E-state index < -0.39 is 0 Å². The van der Waals surface area contributed by atoms with Gasteiger partial charge < -0.3 is 0 Å². The van der Waals surface area contributed by atoms with Gasteiger partial charge in [-0.1, -0.05) is 34.1 Å². The quantitative estimate of drug-likeness (QED) is 0.816. The van der Waals surface area contributed by atoms with E-state index in [1.165, 1.54) is 0 Å². The third-order valence-electron chi connectivity index (χ3n) is 2.60. The zero-order valence-corrected chi connectivity index (χ0v) is 11.4. The molecule has 4 heteroatoms. The van der Waals surface area contributed by atoms with Crippen LogP contribution in [0.5, 0.6) is 0 Å². The average molecular weight is 293 g/mol. The molecule has 0 saturated heterocycles. The van der Waals surface area contributed by atoms with Crippen LogP contribution in [0.4, 0.5) is 0 Å². The van der Waals surface area contributed by atoms with Crippen molar-refractivity contribution in [3.8, 4) is 0 Å². The van der Waals surface area contributed by atoms with Crippen molar-refractivity contribution in [2.45, 2.75) is 13.3 Å². The number of benzene rings is 1. The molecule has 0 spiro atoms. The number of carbonyl (C=O) groups excluding carboxylic acids is 1. The van der Waals surface area contributed by atoms with Crippen LogP contribution in [0.1, 0.15) is 21.7 Å². The Bertz CT molecular complexity index is 560. The molecule has 0 bridgehead atoms. The van der Waals surface area contributed by atoms with Crippen LogP contribution < -0.4 is 0 Å². The fraction of sp³-hybridized carbons (Fsp3) is 0.231. The van der Waals surface area contributed by atoms with Crippen molar-refractivity contribution in [2.75, 3.05) is 0 Å². The number of hydrogen-bond acceptors (Lipinski definition) is 2. The lowest BCUT2D eigenvalue weighted by atomic mass is 10.1. The van der Waals surface area contributed by atoms with Gasteiger partial charge in [-0.3, -0.25) is 9.48 Å². The number of carbonyl (C=O) groups is 1.